The van der Waals surface area contributed by atoms with Crippen molar-refractivity contribution in [1.82, 2.24) is 4.48 Å². The summed E-state index contributed by atoms with van der Waals surface area (Å²) in [6.07, 6.45) is 0. The first-order valence-corrected chi connectivity index (χ1v) is 13.0. The molecule has 0 amide bonds. The minimum absolute atomic E-state index is 0.0806. The number of hydrogen-bond acceptors (Lipinski definition) is 2. The molecule has 1 aliphatic heterocycles. The van der Waals surface area contributed by atoms with Gasteiger partial charge in [-0.05, 0) is 46.2 Å². The summed E-state index contributed by atoms with van der Waals surface area (Å²) in [4.78, 5) is 0. The number of benzene rings is 4. The van der Waals surface area contributed by atoms with E-state index in [0.29, 0.717) is 4.48 Å². The molecule has 5 rings (SSSR count). The Labute approximate surface area is 221 Å². The van der Waals surface area contributed by atoms with E-state index >= 15 is 0 Å². The van der Waals surface area contributed by atoms with Crippen molar-refractivity contribution in [3.05, 3.63) is 131 Å². The van der Waals surface area contributed by atoms with Gasteiger partial charge in [-0.1, -0.05) is 112 Å². The molecule has 0 spiro atoms. The second-order valence-corrected chi connectivity index (χ2v) is 11.8. The number of amidine groups is 2. The van der Waals surface area contributed by atoms with Gasteiger partial charge in [-0.25, -0.2) is 0 Å². The fourth-order valence-electron chi connectivity index (χ4n) is 5.01. The molecule has 0 aliphatic carbocycles. The van der Waals surface area contributed by atoms with E-state index in [0.717, 1.165) is 34.2 Å². The molecule has 0 unspecified atom stereocenters. The summed E-state index contributed by atoms with van der Waals surface area (Å²) in [5, 5.41) is 9.82. The second kappa shape index (κ2) is 9.24. The fraction of sp³-hybridized carbons (Fsp3) is 0.235. The van der Waals surface area contributed by atoms with E-state index in [1.165, 1.54) is 11.1 Å². The van der Waals surface area contributed by atoms with Crippen LogP contribution < -0.4 is 4.48 Å². The van der Waals surface area contributed by atoms with Crippen molar-refractivity contribution in [2.75, 3.05) is 0 Å². The molecule has 186 valence electrons. The van der Waals surface area contributed by atoms with Crippen molar-refractivity contribution in [3.8, 4) is 0 Å². The van der Waals surface area contributed by atoms with Crippen molar-refractivity contribution in [2.24, 2.45) is 10.2 Å². The van der Waals surface area contributed by atoms with E-state index in [1.54, 1.807) is 0 Å². The van der Waals surface area contributed by atoms with Crippen LogP contribution in [0.5, 0.6) is 0 Å². The molecule has 0 saturated carbocycles. The molecular formula is C34H36N3+. The highest BCUT2D eigenvalue weighted by atomic mass is 15.5. The van der Waals surface area contributed by atoms with E-state index in [2.05, 4.69) is 151 Å². The summed E-state index contributed by atoms with van der Waals surface area (Å²) < 4.78 is 0.325. The number of nitrogens with zero attached hydrogens (tertiary/aromatic N) is 3. The molecule has 3 nitrogen and oxygen atoms in total. The summed E-state index contributed by atoms with van der Waals surface area (Å²) in [5.74, 6) is 1.79. The van der Waals surface area contributed by atoms with Gasteiger partial charge < -0.3 is 0 Å². The number of hydrogen-bond donors (Lipinski definition) is 0. The molecule has 0 fully saturated rings. The first-order chi connectivity index (χ1) is 17.6. The van der Waals surface area contributed by atoms with Gasteiger partial charge in [0, 0.05) is 24.3 Å². The van der Waals surface area contributed by atoms with Crippen LogP contribution in [0.15, 0.2) is 119 Å². The fourth-order valence-corrected chi connectivity index (χ4v) is 5.01. The molecule has 37 heavy (non-hydrogen) atoms. The highest BCUT2D eigenvalue weighted by Gasteiger charge is 2.50. The predicted octanol–water partition coefficient (Wildman–Crippen LogP) is 8.74. The van der Waals surface area contributed by atoms with Gasteiger partial charge in [-0.2, -0.15) is 4.48 Å². The maximum Gasteiger partial charge on any atom is 0.271 e. The Morgan fingerprint density at radius 2 is 0.757 bits per heavy atom. The van der Waals surface area contributed by atoms with Crippen molar-refractivity contribution < 1.29 is 0 Å². The summed E-state index contributed by atoms with van der Waals surface area (Å²) in [6.45, 7) is 13.5. The third kappa shape index (κ3) is 4.45. The van der Waals surface area contributed by atoms with Crippen LogP contribution in [0.3, 0.4) is 0 Å². The Kier molecular flexibility index (Phi) is 6.21. The highest BCUT2D eigenvalue weighted by Crippen LogP contribution is 2.42. The number of para-hydroxylation sites is 2. The average Bonchev–Trinajstić information content (AvgIpc) is 3.30. The molecule has 1 aliphatic rings. The summed E-state index contributed by atoms with van der Waals surface area (Å²) in [6, 6.07) is 38.9. The average molecular weight is 487 g/mol. The molecule has 4 aromatic rings. The van der Waals surface area contributed by atoms with E-state index in [4.69, 9.17) is 10.2 Å². The molecule has 0 atom stereocenters. The molecule has 0 saturated heterocycles. The van der Waals surface area contributed by atoms with Crippen LogP contribution in [-0.2, 0) is 10.8 Å². The molecule has 0 bridgehead atoms. The zero-order valence-corrected chi connectivity index (χ0v) is 22.7. The Morgan fingerprint density at radius 1 is 0.432 bits per heavy atom. The van der Waals surface area contributed by atoms with Crippen LogP contribution in [0.2, 0.25) is 0 Å². The maximum atomic E-state index is 4.91. The first-order valence-electron chi connectivity index (χ1n) is 13.0. The van der Waals surface area contributed by atoms with E-state index in [9.17, 15) is 0 Å². The lowest BCUT2D eigenvalue weighted by molar-refractivity contribution is 0.590. The lowest BCUT2D eigenvalue weighted by Crippen LogP contribution is -2.53. The topological polar surface area (TPSA) is 24.7 Å². The normalized spacial score (nSPS) is 15.3. The number of rotatable bonds is 4. The van der Waals surface area contributed by atoms with Crippen molar-refractivity contribution in [1.29, 1.82) is 0 Å². The molecule has 4 aromatic carbocycles. The molecule has 3 heteroatoms. The molecule has 0 radical (unpaired) electrons. The Morgan fingerprint density at radius 3 is 1.05 bits per heavy atom. The Balaban J connectivity index is 1.74. The molecule has 0 aromatic heterocycles. The van der Waals surface area contributed by atoms with Gasteiger partial charge >= 0.3 is 0 Å². The third-order valence-electron chi connectivity index (χ3n) is 7.18. The van der Waals surface area contributed by atoms with Crippen molar-refractivity contribution in [3.63, 3.8) is 0 Å². The summed E-state index contributed by atoms with van der Waals surface area (Å²) >= 11 is 0. The van der Waals surface area contributed by atoms with Gasteiger partial charge in [-0.3, -0.25) is 0 Å². The first kappa shape index (κ1) is 24.9. The number of quaternary nitrogens is 1. The van der Waals surface area contributed by atoms with Crippen molar-refractivity contribution >= 4 is 23.0 Å². The lowest BCUT2D eigenvalue weighted by Gasteiger charge is -2.34. The lowest BCUT2D eigenvalue weighted by atomic mass is 9.86. The molecule has 1 heterocycles. The van der Waals surface area contributed by atoms with Crippen molar-refractivity contribution in [2.45, 2.75) is 52.4 Å². The predicted molar refractivity (Wildman–Crippen MR) is 158 cm³/mol. The van der Waals surface area contributed by atoms with Crippen LogP contribution in [0.25, 0.3) is 0 Å². The van der Waals surface area contributed by atoms with Gasteiger partial charge in [0.15, 0.2) is 11.4 Å². The van der Waals surface area contributed by atoms with Gasteiger partial charge in [-0.15, -0.1) is 0 Å². The van der Waals surface area contributed by atoms with Crippen LogP contribution >= 0.6 is 0 Å². The van der Waals surface area contributed by atoms with E-state index in [-0.39, 0.29) is 10.8 Å². The quantitative estimate of drug-likeness (QED) is 0.258. The minimum Gasteiger partial charge on any atom is -0.158 e. The zero-order valence-electron chi connectivity index (χ0n) is 22.7. The van der Waals surface area contributed by atoms with Crippen LogP contribution in [0, 0.1) is 0 Å². The third-order valence-corrected chi connectivity index (χ3v) is 7.18. The van der Waals surface area contributed by atoms with Crippen LogP contribution in [-0.4, -0.2) is 11.7 Å². The van der Waals surface area contributed by atoms with Crippen LogP contribution in [0.1, 0.15) is 63.8 Å². The molecular weight excluding hydrogens is 450 g/mol. The Hall–Kier alpha value is -3.82. The van der Waals surface area contributed by atoms with Gasteiger partial charge in [0.2, 0.25) is 0 Å². The highest BCUT2D eigenvalue weighted by molar-refractivity contribution is 6.30. The van der Waals surface area contributed by atoms with Crippen LogP contribution in [0.4, 0.5) is 11.4 Å². The zero-order chi connectivity index (χ0) is 26.3. The van der Waals surface area contributed by atoms with Gasteiger partial charge in [0.25, 0.3) is 11.7 Å². The SMILES string of the molecule is CC(C)(C)c1ccc(C2=NN=C(c3ccc(C(C)(C)C)cc3)[N+]2(c2ccccc2)c2ccccc2)cc1. The molecule has 0 N–H and O–H groups in total. The van der Waals surface area contributed by atoms with Gasteiger partial charge in [0.05, 0.1) is 11.1 Å². The monoisotopic (exact) mass is 486 g/mol. The maximum absolute atomic E-state index is 4.91. The largest absolute Gasteiger partial charge is 0.271 e. The smallest absolute Gasteiger partial charge is 0.158 e. The summed E-state index contributed by atoms with van der Waals surface area (Å²) in [7, 11) is 0. The van der Waals surface area contributed by atoms with E-state index < -0.39 is 0 Å². The standard InChI is InChI=1S/C34H36N3/c1-33(2,3)27-21-17-25(18-22-27)31-35-36-32(26-19-23-28(24-20-26)34(4,5)6)37(31,29-13-9-7-10-14-29)30-15-11-8-12-16-30/h7-24H,1-6H3/q+1. The van der Waals surface area contributed by atoms with Gasteiger partial charge in [0.1, 0.15) is 0 Å². The summed E-state index contributed by atoms with van der Waals surface area (Å²) in [5.41, 5.74) is 7.08. The second-order valence-electron chi connectivity index (χ2n) is 11.8. The van der Waals surface area contributed by atoms with E-state index in [1.807, 2.05) is 0 Å². The Bertz CT molecular complexity index is 1320. The minimum atomic E-state index is 0.0806.